The van der Waals surface area contributed by atoms with Crippen LogP contribution in [-0.2, 0) is 9.53 Å². The molecule has 1 aliphatic heterocycles. The molecule has 1 heterocycles. The van der Waals surface area contributed by atoms with E-state index in [-0.39, 0.29) is 12.1 Å². The minimum absolute atomic E-state index is 0.360. The second-order valence-electron chi connectivity index (χ2n) is 5.38. The van der Waals surface area contributed by atoms with Gasteiger partial charge in [-0.2, -0.15) is 0 Å². The molecule has 114 valence electrons. The van der Waals surface area contributed by atoms with Crippen molar-refractivity contribution in [3.63, 3.8) is 0 Å². The summed E-state index contributed by atoms with van der Waals surface area (Å²) in [5.41, 5.74) is 0.191. The number of aliphatic carboxylic acids is 1. The molecule has 0 aromatic heterocycles. The molecule has 1 unspecified atom stereocenters. The van der Waals surface area contributed by atoms with Crippen molar-refractivity contribution in [1.82, 2.24) is 5.32 Å². The molecular weight excluding hydrogens is 272 g/mol. The van der Waals surface area contributed by atoms with E-state index in [9.17, 15) is 9.59 Å². The summed E-state index contributed by atoms with van der Waals surface area (Å²) < 4.78 is 5.61. The SMILES string of the molecule is CC1(CNC(=O)N(CC(=O)O)c2ccccc2)CCCO1. The lowest BCUT2D eigenvalue weighted by Gasteiger charge is -2.26. The van der Waals surface area contributed by atoms with E-state index in [1.54, 1.807) is 24.3 Å². The highest BCUT2D eigenvalue weighted by Crippen LogP contribution is 2.24. The third kappa shape index (κ3) is 4.19. The van der Waals surface area contributed by atoms with Gasteiger partial charge in [0, 0.05) is 18.8 Å². The summed E-state index contributed by atoms with van der Waals surface area (Å²) in [5.74, 6) is -1.06. The van der Waals surface area contributed by atoms with E-state index >= 15 is 0 Å². The van der Waals surface area contributed by atoms with Crippen molar-refractivity contribution in [2.45, 2.75) is 25.4 Å². The number of hydrogen-bond donors (Lipinski definition) is 2. The lowest BCUT2D eigenvalue weighted by Crippen LogP contribution is -2.48. The van der Waals surface area contributed by atoms with E-state index < -0.39 is 12.0 Å². The zero-order valence-electron chi connectivity index (χ0n) is 12.0. The van der Waals surface area contributed by atoms with Crippen LogP contribution in [0.3, 0.4) is 0 Å². The van der Waals surface area contributed by atoms with Crippen LogP contribution in [0.1, 0.15) is 19.8 Å². The van der Waals surface area contributed by atoms with E-state index in [1.165, 1.54) is 4.90 Å². The fourth-order valence-corrected chi connectivity index (χ4v) is 2.36. The number of carboxylic acid groups (broad SMARTS) is 1. The molecule has 21 heavy (non-hydrogen) atoms. The Morgan fingerprint density at radius 2 is 2.10 bits per heavy atom. The minimum atomic E-state index is -1.06. The van der Waals surface area contributed by atoms with E-state index in [4.69, 9.17) is 9.84 Å². The first-order valence-electron chi connectivity index (χ1n) is 6.96. The van der Waals surface area contributed by atoms with Gasteiger partial charge in [-0.05, 0) is 31.9 Å². The fourth-order valence-electron chi connectivity index (χ4n) is 2.36. The zero-order chi connectivity index (χ0) is 15.3. The standard InChI is InChI=1S/C15H20N2O4/c1-15(8-5-9-21-15)11-16-14(20)17(10-13(18)19)12-6-3-2-4-7-12/h2-4,6-7H,5,8-11H2,1H3,(H,16,20)(H,18,19). The zero-order valence-corrected chi connectivity index (χ0v) is 12.0. The Bertz CT molecular complexity index is 498. The van der Waals surface area contributed by atoms with Gasteiger partial charge in [-0.15, -0.1) is 0 Å². The first-order valence-corrected chi connectivity index (χ1v) is 6.96. The number of carbonyl (C=O) groups excluding carboxylic acids is 1. The lowest BCUT2D eigenvalue weighted by molar-refractivity contribution is -0.135. The second kappa shape index (κ2) is 6.58. The Hall–Kier alpha value is -2.08. The predicted molar refractivity (Wildman–Crippen MR) is 78.4 cm³/mol. The maximum Gasteiger partial charge on any atom is 0.323 e. The number of carboxylic acids is 1. The molecule has 1 aliphatic rings. The summed E-state index contributed by atoms with van der Waals surface area (Å²) in [7, 11) is 0. The Balaban J connectivity index is 2.02. The molecule has 1 aromatic carbocycles. The normalized spacial score (nSPS) is 21.0. The number of urea groups is 1. The number of amides is 2. The van der Waals surface area contributed by atoms with Gasteiger partial charge in [0.2, 0.25) is 0 Å². The molecule has 6 heteroatoms. The van der Waals surface area contributed by atoms with Crippen molar-refractivity contribution >= 4 is 17.7 Å². The molecule has 0 spiro atoms. The Labute approximate surface area is 123 Å². The molecule has 0 bridgehead atoms. The van der Waals surface area contributed by atoms with Gasteiger partial charge in [-0.1, -0.05) is 18.2 Å². The molecule has 2 rings (SSSR count). The summed E-state index contributed by atoms with van der Waals surface area (Å²) in [6.07, 6.45) is 1.86. The Morgan fingerprint density at radius 1 is 1.38 bits per heavy atom. The molecule has 1 atom stereocenters. The van der Waals surface area contributed by atoms with E-state index in [0.29, 0.717) is 18.8 Å². The summed E-state index contributed by atoms with van der Waals surface area (Å²) in [4.78, 5) is 24.4. The van der Waals surface area contributed by atoms with Gasteiger partial charge in [0.1, 0.15) is 6.54 Å². The van der Waals surface area contributed by atoms with Gasteiger partial charge in [-0.3, -0.25) is 9.69 Å². The van der Waals surface area contributed by atoms with Crippen molar-refractivity contribution in [3.8, 4) is 0 Å². The third-order valence-electron chi connectivity index (χ3n) is 3.52. The summed E-state index contributed by atoms with van der Waals surface area (Å²) in [6.45, 7) is 2.64. The maximum atomic E-state index is 12.3. The second-order valence-corrected chi connectivity index (χ2v) is 5.38. The van der Waals surface area contributed by atoms with Gasteiger partial charge in [0.15, 0.2) is 0 Å². The Kier molecular flexibility index (Phi) is 4.80. The summed E-state index contributed by atoms with van der Waals surface area (Å²) in [5, 5.41) is 11.7. The fraction of sp³-hybridized carbons (Fsp3) is 0.467. The quantitative estimate of drug-likeness (QED) is 0.868. The highest BCUT2D eigenvalue weighted by molar-refractivity contribution is 5.96. The molecule has 1 saturated heterocycles. The van der Waals surface area contributed by atoms with E-state index in [2.05, 4.69) is 5.32 Å². The number of nitrogens with zero attached hydrogens (tertiary/aromatic N) is 1. The number of para-hydroxylation sites is 1. The van der Waals surface area contributed by atoms with Crippen LogP contribution in [0.4, 0.5) is 10.5 Å². The molecule has 0 radical (unpaired) electrons. The summed E-state index contributed by atoms with van der Waals surface area (Å²) in [6, 6.07) is 8.32. The van der Waals surface area contributed by atoms with Crippen molar-refractivity contribution in [1.29, 1.82) is 0 Å². The topological polar surface area (TPSA) is 78.9 Å². The monoisotopic (exact) mass is 292 g/mol. The number of benzene rings is 1. The van der Waals surface area contributed by atoms with Crippen LogP contribution in [0.5, 0.6) is 0 Å². The van der Waals surface area contributed by atoms with Crippen LogP contribution in [-0.4, -0.2) is 42.4 Å². The molecule has 2 amide bonds. The molecule has 0 aliphatic carbocycles. The number of rotatable bonds is 5. The maximum absolute atomic E-state index is 12.3. The number of anilines is 1. The molecule has 2 N–H and O–H groups in total. The smallest absolute Gasteiger partial charge is 0.323 e. The van der Waals surface area contributed by atoms with Crippen LogP contribution >= 0.6 is 0 Å². The Morgan fingerprint density at radius 3 is 2.67 bits per heavy atom. The van der Waals surface area contributed by atoms with Crippen molar-refractivity contribution < 1.29 is 19.4 Å². The highest BCUT2D eigenvalue weighted by atomic mass is 16.5. The number of ether oxygens (including phenoxy) is 1. The number of nitrogens with one attached hydrogen (secondary N) is 1. The van der Waals surface area contributed by atoms with Crippen molar-refractivity contribution in [2.75, 3.05) is 24.6 Å². The van der Waals surface area contributed by atoms with Crippen LogP contribution in [0.25, 0.3) is 0 Å². The van der Waals surface area contributed by atoms with Gasteiger partial charge in [0.25, 0.3) is 0 Å². The third-order valence-corrected chi connectivity index (χ3v) is 3.52. The van der Waals surface area contributed by atoms with Gasteiger partial charge < -0.3 is 15.2 Å². The van der Waals surface area contributed by atoms with Crippen molar-refractivity contribution in [3.05, 3.63) is 30.3 Å². The van der Waals surface area contributed by atoms with Crippen LogP contribution in [0, 0.1) is 0 Å². The largest absolute Gasteiger partial charge is 0.480 e. The van der Waals surface area contributed by atoms with Gasteiger partial charge in [-0.25, -0.2) is 4.79 Å². The highest BCUT2D eigenvalue weighted by Gasteiger charge is 2.31. The summed E-state index contributed by atoms with van der Waals surface area (Å²) >= 11 is 0. The van der Waals surface area contributed by atoms with Crippen LogP contribution in [0.2, 0.25) is 0 Å². The minimum Gasteiger partial charge on any atom is -0.480 e. The molecule has 1 fully saturated rings. The predicted octanol–water partition coefficient (Wildman–Crippen LogP) is 1.86. The van der Waals surface area contributed by atoms with E-state index in [1.807, 2.05) is 13.0 Å². The van der Waals surface area contributed by atoms with E-state index in [0.717, 1.165) is 12.8 Å². The average Bonchev–Trinajstić information content (AvgIpc) is 2.90. The molecule has 1 aromatic rings. The number of hydrogen-bond acceptors (Lipinski definition) is 3. The first kappa shape index (κ1) is 15.3. The lowest BCUT2D eigenvalue weighted by atomic mass is 10.0. The van der Waals surface area contributed by atoms with Gasteiger partial charge >= 0.3 is 12.0 Å². The molecule has 6 nitrogen and oxygen atoms in total. The van der Waals surface area contributed by atoms with Crippen molar-refractivity contribution in [2.24, 2.45) is 0 Å². The first-order chi connectivity index (χ1) is 10.0. The van der Waals surface area contributed by atoms with Crippen LogP contribution in [0.15, 0.2) is 30.3 Å². The molecule has 0 saturated carbocycles. The van der Waals surface area contributed by atoms with Crippen LogP contribution < -0.4 is 10.2 Å². The van der Waals surface area contributed by atoms with Gasteiger partial charge in [0.05, 0.1) is 5.60 Å². The molecular formula is C15H20N2O4. The average molecular weight is 292 g/mol. The number of carbonyl (C=O) groups is 2.